The molecule has 2 aromatic carbocycles. The van der Waals surface area contributed by atoms with E-state index in [9.17, 15) is 4.79 Å². The SMILES string of the molecule is Cc1cc(Nc2c(C)n(C)n(-c3ccccc3)c2=O)nc2ccccc12. The summed E-state index contributed by atoms with van der Waals surface area (Å²) >= 11 is 0. The van der Waals surface area contributed by atoms with Crippen LogP contribution in [0.1, 0.15) is 11.3 Å². The number of para-hydroxylation sites is 2. The molecule has 2 heterocycles. The maximum Gasteiger partial charge on any atom is 0.295 e. The molecule has 0 spiro atoms. The molecule has 0 saturated carbocycles. The van der Waals surface area contributed by atoms with Crippen LogP contribution in [0.25, 0.3) is 16.6 Å². The predicted octanol–water partition coefficient (Wildman–Crippen LogP) is 4.08. The second kappa shape index (κ2) is 6.19. The van der Waals surface area contributed by atoms with Crippen molar-refractivity contribution in [3.05, 3.63) is 82.3 Å². The lowest BCUT2D eigenvalue weighted by atomic mass is 10.1. The highest BCUT2D eigenvalue weighted by atomic mass is 16.1. The van der Waals surface area contributed by atoms with Crippen molar-refractivity contribution in [2.24, 2.45) is 7.05 Å². The summed E-state index contributed by atoms with van der Waals surface area (Å²) in [5.41, 5.74) is 4.16. The van der Waals surface area contributed by atoms with Crippen LogP contribution in [-0.4, -0.2) is 14.3 Å². The van der Waals surface area contributed by atoms with Crippen molar-refractivity contribution in [1.82, 2.24) is 14.3 Å². The van der Waals surface area contributed by atoms with Gasteiger partial charge >= 0.3 is 0 Å². The molecule has 0 aliphatic heterocycles. The van der Waals surface area contributed by atoms with Gasteiger partial charge in [0.15, 0.2) is 0 Å². The lowest BCUT2D eigenvalue weighted by molar-refractivity contribution is 0.630. The molecule has 0 saturated heterocycles. The zero-order valence-corrected chi connectivity index (χ0v) is 15.0. The average molecular weight is 344 g/mol. The van der Waals surface area contributed by atoms with Gasteiger partial charge in [-0.05, 0) is 43.7 Å². The summed E-state index contributed by atoms with van der Waals surface area (Å²) in [4.78, 5) is 17.7. The number of hydrogen-bond acceptors (Lipinski definition) is 3. The Bertz CT molecular complexity index is 1160. The van der Waals surface area contributed by atoms with Crippen LogP contribution in [0.15, 0.2) is 65.5 Å². The number of aryl methyl sites for hydroxylation is 1. The van der Waals surface area contributed by atoms with E-state index in [0.29, 0.717) is 11.5 Å². The van der Waals surface area contributed by atoms with E-state index in [1.54, 1.807) is 4.68 Å². The Labute approximate surface area is 151 Å². The van der Waals surface area contributed by atoms with Gasteiger partial charge in [0.25, 0.3) is 5.56 Å². The molecule has 26 heavy (non-hydrogen) atoms. The number of benzene rings is 2. The van der Waals surface area contributed by atoms with Crippen molar-refractivity contribution in [2.45, 2.75) is 13.8 Å². The Kier molecular flexibility index (Phi) is 3.84. The number of hydrogen-bond donors (Lipinski definition) is 1. The number of pyridine rings is 1. The van der Waals surface area contributed by atoms with Crippen LogP contribution in [0, 0.1) is 13.8 Å². The molecule has 0 aliphatic carbocycles. The van der Waals surface area contributed by atoms with Crippen LogP contribution in [0.5, 0.6) is 0 Å². The first-order chi connectivity index (χ1) is 12.6. The summed E-state index contributed by atoms with van der Waals surface area (Å²) in [5.74, 6) is 0.673. The third-order valence-electron chi connectivity index (χ3n) is 4.73. The fraction of sp³-hybridized carbons (Fsp3) is 0.143. The number of nitrogens with one attached hydrogen (secondary N) is 1. The molecule has 0 atom stereocenters. The van der Waals surface area contributed by atoms with Crippen LogP contribution in [0.4, 0.5) is 11.5 Å². The molecule has 4 aromatic rings. The topological polar surface area (TPSA) is 51.9 Å². The van der Waals surface area contributed by atoms with Crippen LogP contribution in [0.3, 0.4) is 0 Å². The van der Waals surface area contributed by atoms with E-state index < -0.39 is 0 Å². The lowest BCUT2D eigenvalue weighted by Crippen LogP contribution is -2.20. The molecular formula is C21H20N4O. The maximum absolute atomic E-state index is 13.0. The smallest absolute Gasteiger partial charge is 0.295 e. The zero-order valence-electron chi connectivity index (χ0n) is 15.0. The lowest BCUT2D eigenvalue weighted by Gasteiger charge is -2.08. The van der Waals surface area contributed by atoms with Crippen LogP contribution < -0.4 is 10.9 Å². The molecule has 5 nitrogen and oxygen atoms in total. The normalized spacial score (nSPS) is 11.0. The Morgan fingerprint density at radius 3 is 2.42 bits per heavy atom. The fourth-order valence-electron chi connectivity index (χ4n) is 3.25. The van der Waals surface area contributed by atoms with Gasteiger partial charge in [-0.1, -0.05) is 36.4 Å². The second-order valence-electron chi connectivity index (χ2n) is 6.40. The number of aromatic nitrogens is 3. The molecular weight excluding hydrogens is 324 g/mol. The minimum absolute atomic E-state index is 0.0937. The molecule has 0 fully saturated rings. The van der Waals surface area contributed by atoms with Gasteiger partial charge in [-0.2, -0.15) is 0 Å². The van der Waals surface area contributed by atoms with Crippen molar-refractivity contribution in [2.75, 3.05) is 5.32 Å². The van der Waals surface area contributed by atoms with Gasteiger partial charge in [0, 0.05) is 12.4 Å². The minimum atomic E-state index is -0.0937. The van der Waals surface area contributed by atoms with Crippen molar-refractivity contribution in [3.63, 3.8) is 0 Å². The monoisotopic (exact) mass is 344 g/mol. The van der Waals surface area contributed by atoms with Gasteiger partial charge < -0.3 is 5.32 Å². The summed E-state index contributed by atoms with van der Waals surface area (Å²) in [7, 11) is 1.88. The van der Waals surface area contributed by atoms with Crippen molar-refractivity contribution >= 4 is 22.4 Å². The molecule has 0 bridgehead atoms. The Morgan fingerprint density at radius 1 is 0.962 bits per heavy atom. The fourth-order valence-corrected chi connectivity index (χ4v) is 3.25. The third-order valence-corrected chi connectivity index (χ3v) is 4.73. The summed E-state index contributed by atoms with van der Waals surface area (Å²) < 4.78 is 3.51. The van der Waals surface area contributed by atoms with E-state index in [1.807, 2.05) is 73.3 Å². The maximum atomic E-state index is 13.0. The molecule has 5 heteroatoms. The molecule has 0 amide bonds. The predicted molar refractivity (Wildman–Crippen MR) is 106 cm³/mol. The van der Waals surface area contributed by atoms with E-state index in [4.69, 9.17) is 0 Å². The number of anilines is 2. The van der Waals surface area contributed by atoms with Gasteiger partial charge in [-0.15, -0.1) is 0 Å². The first-order valence-corrected chi connectivity index (χ1v) is 8.53. The van der Waals surface area contributed by atoms with E-state index in [1.165, 1.54) is 0 Å². The standard InChI is InChI=1S/C21H20N4O/c1-14-13-19(22-18-12-8-7-11-17(14)18)23-20-15(2)24(3)25(21(20)26)16-9-5-4-6-10-16/h4-13H,1-3H3,(H,22,23). The molecule has 2 aromatic heterocycles. The average Bonchev–Trinajstić information content (AvgIpc) is 2.86. The number of rotatable bonds is 3. The number of nitrogens with zero attached hydrogens (tertiary/aromatic N) is 3. The summed E-state index contributed by atoms with van der Waals surface area (Å²) in [6, 6.07) is 19.6. The highest BCUT2D eigenvalue weighted by Crippen LogP contribution is 2.23. The van der Waals surface area contributed by atoms with Crippen LogP contribution in [0.2, 0.25) is 0 Å². The number of fused-ring (bicyclic) bond motifs is 1. The molecule has 4 rings (SSSR count). The van der Waals surface area contributed by atoms with Gasteiger partial charge in [0.2, 0.25) is 0 Å². The van der Waals surface area contributed by atoms with Crippen molar-refractivity contribution in [1.29, 1.82) is 0 Å². The molecule has 0 unspecified atom stereocenters. The highest BCUT2D eigenvalue weighted by Gasteiger charge is 2.16. The minimum Gasteiger partial charge on any atom is -0.334 e. The van der Waals surface area contributed by atoms with E-state index in [-0.39, 0.29) is 5.56 Å². The summed E-state index contributed by atoms with van der Waals surface area (Å²) in [6.07, 6.45) is 0. The summed E-state index contributed by atoms with van der Waals surface area (Å²) in [5, 5.41) is 4.35. The Hall–Kier alpha value is -3.34. The van der Waals surface area contributed by atoms with E-state index in [2.05, 4.69) is 23.3 Å². The van der Waals surface area contributed by atoms with Crippen molar-refractivity contribution in [3.8, 4) is 5.69 Å². The van der Waals surface area contributed by atoms with Gasteiger partial charge in [-0.3, -0.25) is 9.48 Å². The van der Waals surface area contributed by atoms with Gasteiger partial charge in [-0.25, -0.2) is 9.67 Å². The van der Waals surface area contributed by atoms with Gasteiger partial charge in [0.05, 0.1) is 16.9 Å². The van der Waals surface area contributed by atoms with E-state index in [0.717, 1.165) is 27.8 Å². The Balaban J connectivity index is 1.82. The summed E-state index contributed by atoms with van der Waals surface area (Å²) in [6.45, 7) is 3.98. The van der Waals surface area contributed by atoms with E-state index >= 15 is 0 Å². The molecule has 130 valence electrons. The zero-order chi connectivity index (χ0) is 18.3. The quantitative estimate of drug-likeness (QED) is 0.609. The van der Waals surface area contributed by atoms with Crippen LogP contribution >= 0.6 is 0 Å². The second-order valence-corrected chi connectivity index (χ2v) is 6.40. The molecule has 1 N–H and O–H groups in total. The van der Waals surface area contributed by atoms with Gasteiger partial charge in [0.1, 0.15) is 11.5 Å². The Morgan fingerprint density at radius 2 is 1.65 bits per heavy atom. The largest absolute Gasteiger partial charge is 0.334 e. The first-order valence-electron chi connectivity index (χ1n) is 8.53. The van der Waals surface area contributed by atoms with Crippen molar-refractivity contribution < 1.29 is 0 Å². The third kappa shape index (κ3) is 2.58. The first kappa shape index (κ1) is 16.1. The highest BCUT2D eigenvalue weighted by molar-refractivity contribution is 5.84. The molecule has 0 radical (unpaired) electrons. The van der Waals surface area contributed by atoms with Crippen LogP contribution in [-0.2, 0) is 7.05 Å². The molecule has 0 aliphatic rings.